The maximum atomic E-state index is 13.8. The summed E-state index contributed by atoms with van der Waals surface area (Å²) in [5.74, 6) is -1.67. The van der Waals surface area contributed by atoms with Gasteiger partial charge in [0.15, 0.2) is 0 Å². The molecule has 1 fully saturated rings. The molecule has 0 aliphatic heterocycles. The van der Waals surface area contributed by atoms with Crippen molar-refractivity contribution in [3.63, 3.8) is 0 Å². The van der Waals surface area contributed by atoms with Gasteiger partial charge >= 0.3 is 0 Å². The van der Waals surface area contributed by atoms with Gasteiger partial charge < -0.3 is 0 Å². The summed E-state index contributed by atoms with van der Waals surface area (Å²) >= 11 is 3.22. The second-order valence-electron chi connectivity index (χ2n) is 4.82. The Labute approximate surface area is 126 Å². The molecule has 3 nitrogen and oxygen atoms in total. The standard InChI is InChI=1S/C13H16BrF2NO2S/c14-7-8-17(11-3-1-2-4-11)20(18,19)13-9-10(15)5-6-12(13)16/h5-6,9,11H,1-4,7-8H2. The van der Waals surface area contributed by atoms with Gasteiger partial charge in [-0.2, -0.15) is 4.31 Å². The van der Waals surface area contributed by atoms with Crippen LogP contribution in [0.15, 0.2) is 23.1 Å². The topological polar surface area (TPSA) is 37.4 Å². The first-order chi connectivity index (χ1) is 9.46. The lowest BCUT2D eigenvalue weighted by atomic mass is 10.2. The van der Waals surface area contributed by atoms with Crippen molar-refractivity contribution in [2.45, 2.75) is 36.6 Å². The molecule has 2 rings (SSSR count). The molecule has 1 saturated carbocycles. The normalized spacial score (nSPS) is 17.0. The Morgan fingerprint density at radius 3 is 2.50 bits per heavy atom. The molecule has 0 bridgehead atoms. The van der Waals surface area contributed by atoms with E-state index in [9.17, 15) is 17.2 Å². The fourth-order valence-electron chi connectivity index (χ4n) is 2.58. The van der Waals surface area contributed by atoms with Crippen LogP contribution in [0, 0.1) is 11.6 Å². The fraction of sp³-hybridized carbons (Fsp3) is 0.538. The van der Waals surface area contributed by atoms with Crippen molar-refractivity contribution in [3.8, 4) is 0 Å². The quantitative estimate of drug-likeness (QED) is 0.748. The average Bonchev–Trinajstić information content (AvgIpc) is 2.92. The summed E-state index contributed by atoms with van der Waals surface area (Å²) in [5.41, 5.74) is 0. The maximum absolute atomic E-state index is 13.8. The first kappa shape index (κ1) is 15.9. The zero-order valence-corrected chi connectivity index (χ0v) is 13.3. The van der Waals surface area contributed by atoms with Crippen molar-refractivity contribution in [1.29, 1.82) is 0 Å². The van der Waals surface area contributed by atoms with Crippen LogP contribution in [0.2, 0.25) is 0 Å². The number of alkyl halides is 1. The lowest BCUT2D eigenvalue weighted by molar-refractivity contribution is 0.336. The molecular formula is C13H16BrF2NO2S. The van der Waals surface area contributed by atoms with Crippen LogP contribution in [0.25, 0.3) is 0 Å². The number of hydrogen-bond donors (Lipinski definition) is 0. The van der Waals surface area contributed by atoms with Crippen molar-refractivity contribution >= 4 is 26.0 Å². The van der Waals surface area contributed by atoms with Crippen LogP contribution in [0.3, 0.4) is 0 Å². The maximum Gasteiger partial charge on any atom is 0.246 e. The Morgan fingerprint density at radius 1 is 1.25 bits per heavy atom. The fourth-order valence-corrected chi connectivity index (χ4v) is 4.96. The van der Waals surface area contributed by atoms with E-state index in [0.717, 1.165) is 43.9 Å². The smallest absolute Gasteiger partial charge is 0.207 e. The molecule has 0 saturated heterocycles. The molecule has 20 heavy (non-hydrogen) atoms. The minimum Gasteiger partial charge on any atom is -0.207 e. The lowest BCUT2D eigenvalue weighted by Crippen LogP contribution is -2.40. The molecule has 112 valence electrons. The van der Waals surface area contributed by atoms with E-state index in [-0.39, 0.29) is 12.6 Å². The third-order valence-corrected chi connectivity index (χ3v) is 5.84. The van der Waals surface area contributed by atoms with Crippen molar-refractivity contribution < 1.29 is 17.2 Å². The number of rotatable bonds is 5. The van der Waals surface area contributed by atoms with E-state index in [1.165, 1.54) is 4.31 Å². The molecule has 0 heterocycles. The van der Waals surface area contributed by atoms with Crippen LogP contribution in [0.5, 0.6) is 0 Å². The van der Waals surface area contributed by atoms with E-state index < -0.39 is 26.6 Å². The van der Waals surface area contributed by atoms with E-state index in [0.29, 0.717) is 5.33 Å². The highest BCUT2D eigenvalue weighted by Gasteiger charge is 2.34. The molecular weight excluding hydrogens is 352 g/mol. The van der Waals surface area contributed by atoms with Crippen molar-refractivity contribution in [3.05, 3.63) is 29.8 Å². The summed E-state index contributed by atoms with van der Waals surface area (Å²) in [7, 11) is -4.01. The van der Waals surface area contributed by atoms with Crippen molar-refractivity contribution in [2.75, 3.05) is 11.9 Å². The van der Waals surface area contributed by atoms with Crippen LogP contribution in [0.4, 0.5) is 8.78 Å². The van der Waals surface area contributed by atoms with Gasteiger partial charge in [0.1, 0.15) is 16.5 Å². The molecule has 0 atom stereocenters. The monoisotopic (exact) mass is 367 g/mol. The summed E-state index contributed by atoms with van der Waals surface area (Å²) in [6.07, 6.45) is 3.46. The molecule has 1 aliphatic carbocycles. The van der Waals surface area contributed by atoms with Crippen LogP contribution in [0.1, 0.15) is 25.7 Å². The molecule has 0 N–H and O–H groups in total. The number of nitrogens with zero attached hydrogens (tertiary/aromatic N) is 1. The highest BCUT2D eigenvalue weighted by atomic mass is 79.9. The zero-order chi connectivity index (χ0) is 14.8. The van der Waals surface area contributed by atoms with Gasteiger partial charge in [-0.05, 0) is 31.0 Å². The zero-order valence-electron chi connectivity index (χ0n) is 10.9. The molecule has 0 spiro atoms. The summed E-state index contributed by atoms with van der Waals surface area (Å²) in [4.78, 5) is -0.578. The molecule has 1 aliphatic rings. The van der Waals surface area contributed by atoms with E-state index >= 15 is 0 Å². The van der Waals surface area contributed by atoms with Gasteiger partial charge in [0, 0.05) is 17.9 Å². The van der Waals surface area contributed by atoms with E-state index in [4.69, 9.17) is 0 Å². The van der Waals surface area contributed by atoms with E-state index in [2.05, 4.69) is 15.9 Å². The van der Waals surface area contributed by atoms with Crippen LogP contribution < -0.4 is 0 Å². The largest absolute Gasteiger partial charge is 0.246 e. The predicted molar refractivity (Wildman–Crippen MR) is 76.3 cm³/mol. The average molecular weight is 368 g/mol. The molecule has 7 heteroatoms. The van der Waals surface area contributed by atoms with E-state index in [1.54, 1.807) is 0 Å². The molecule has 0 unspecified atom stereocenters. The summed E-state index contributed by atoms with van der Waals surface area (Å²) < 4.78 is 53.5. The van der Waals surface area contributed by atoms with E-state index in [1.807, 2.05) is 0 Å². The van der Waals surface area contributed by atoms with Crippen molar-refractivity contribution in [2.24, 2.45) is 0 Å². The second-order valence-corrected chi connectivity index (χ2v) is 7.47. The molecule has 1 aromatic carbocycles. The van der Waals surface area contributed by atoms with Crippen molar-refractivity contribution in [1.82, 2.24) is 4.31 Å². The van der Waals surface area contributed by atoms with Gasteiger partial charge in [-0.1, -0.05) is 28.8 Å². The van der Waals surface area contributed by atoms with Crippen LogP contribution in [-0.2, 0) is 10.0 Å². The van der Waals surface area contributed by atoms with Crippen LogP contribution in [-0.4, -0.2) is 30.6 Å². The highest BCUT2D eigenvalue weighted by molar-refractivity contribution is 9.09. The third-order valence-electron chi connectivity index (χ3n) is 3.52. The Bertz CT molecular complexity index is 574. The Kier molecular flexibility index (Phi) is 5.14. The van der Waals surface area contributed by atoms with Gasteiger partial charge in [-0.3, -0.25) is 0 Å². The lowest BCUT2D eigenvalue weighted by Gasteiger charge is -2.27. The Morgan fingerprint density at radius 2 is 1.90 bits per heavy atom. The molecule has 0 radical (unpaired) electrons. The number of sulfonamides is 1. The second kappa shape index (κ2) is 6.49. The Balaban J connectivity index is 2.41. The predicted octanol–water partition coefficient (Wildman–Crippen LogP) is 3.29. The number of halogens is 3. The van der Waals surface area contributed by atoms with Gasteiger partial charge in [-0.15, -0.1) is 0 Å². The van der Waals surface area contributed by atoms with Crippen LogP contribution >= 0.6 is 15.9 Å². The van der Waals surface area contributed by atoms with Gasteiger partial charge in [-0.25, -0.2) is 17.2 Å². The number of benzene rings is 1. The Hall–Kier alpha value is -0.530. The third kappa shape index (κ3) is 3.20. The first-order valence-corrected chi connectivity index (χ1v) is 9.06. The summed E-state index contributed by atoms with van der Waals surface area (Å²) in [6.45, 7) is 0.253. The number of hydrogen-bond acceptors (Lipinski definition) is 2. The summed E-state index contributed by atoms with van der Waals surface area (Å²) in [5, 5.41) is 0.458. The SMILES string of the molecule is O=S(=O)(c1cc(F)ccc1F)N(CCBr)C1CCCC1. The van der Waals surface area contributed by atoms with Gasteiger partial charge in [0.25, 0.3) is 0 Å². The highest BCUT2D eigenvalue weighted by Crippen LogP contribution is 2.29. The first-order valence-electron chi connectivity index (χ1n) is 6.49. The van der Waals surface area contributed by atoms with Gasteiger partial charge in [0.05, 0.1) is 0 Å². The minimum atomic E-state index is -4.01. The minimum absolute atomic E-state index is 0.125. The van der Waals surface area contributed by atoms with Gasteiger partial charge in [0.2, 0.25) is 10.0 Å². The summed E-state index contributed by atoms with van der Waals surface area (Å²) in [6, 6.07) is 2.39. The molecule has 0 aromatic heterocycles. The molecule has 1 aromatic rings. The molecule has 0 amide bonds.